The van der Waals surface area contributed by atoms with Crippen molar-refractivity contribution in [1.82, 2.24) is 9.80 Å². The van der Waals surface area contributed by atoms with Gasteiger partial charge in [0.25, 0.3) is 11.1 Å². The summed E-state index contributed by atoms with van der Waals surface area (Å²) in [7, 11) is 0. The fourth-order valence-corrected chi connectivity index (χ4v) is 4.01. The van der Waals surface area contributed by atoms with Gasteiger partial charge in [-0.2, -0.15) is 0 Å². The van der Waals surface area contributed by atoms with Crippen LogP contribution in [0.15, 0.2) is 21.5 Å². The van der Waals surface area contributed by atoms with Crippen LogP contribution in [0.4, 0.5) is 4.79 Å². The van der Waals surface area contributed by atoms with E-state index in [-0.39, 0.29) is 17.9 Å². The highest BCUT2D eigenvalue weighted by atomic mass is 79.9. The molecule has 132 valence electrons. The molecule has 7 nitrogen and oxygen atoms in total. The Balaban J connectivity index is 1.54. The highest BCUT2D eigenvalue weighted by Crippen LogP contribution is 2.39. The highest BCUT2D eigenvalue weighted by molar-refractivity contribution is 9.10. The molecule has 0 radical (unpaired) electrons. The first-order chi connectivity index (χ1) is 12.1. The zero-order valence-corrected chi connectivity index (χ0v) is 15.6. The lowest BCUT2D eigenvalue weighted by Gasteiger charge is -2.29. The number of hydrogen-bond donors (Lipinski definition) is 0. The summed E-state index contributed by atoms with van der Waals surface area (Å²) < 4.78 is 16.8. The molecule has 0 spiro atoms. The average Bonchev–Trinajstić information content (AvgIpc) is 3.16. The minimum atomic E-state index is -0.272. The van der Waals surface area contributed by atoms with E-state index in [0.717, 1.165) is 21.8 Å². The van der Waals surface area contributed by atoms with Crippen LogP contribution in [-0.4, -0.2) is 60.7 Å². The molecule has 0 aliphatic carbocycles. The smallest absolute Gasteiger partial charge is 0.294 e. The van der Waals surface area contributed by atoms with Gasteiger partial charge in [-0.15, -0.1) is 0 Å². The first-order valence-corrected chi connectivity index (χ1v) is 9.37. The van der Waals surface area contributed by atoms with Gasteiger partial charge in [0.05, 0.1) is 24.8 Å². The second kappa shape index (κ2) is 6.99. The number of carbonyl (C=O) groups excluding carboxylic acids is 2. The van der Waals surface area contributed by atoms with Crippen molar-refractivity contribution in [1.29, 1.82) is 0 Å². The van der Waals surface area contributed by atoms with Gasteiger partial charge in [0, 0.05) is 17.6 Å². The third-order valence-electron chi connectivity index (χ3n) is 4.10. The quantitative estimate of drug-likeness (QED) is 0.687. The summed E-state index contributed by atoms with van der Waals surface area (Å²) in [6.07, 6.45) is 1.70. The van der Waals surface area contributed by atoms with E-state index in [9.17, 15) is 9.59 Å². The van der Waals surface area contributed by atoms with Gasteiger partial charge in [-0.3, -0.25) is 19.4 Å². The summed E-state index contributed by atoms with van der Waals surface area (Å²) in [4.78, 5) is 28.6. The van der Waals surface area contributed by atoms with E-state index in [2.05, 4.69) is 15.9 Å². The standard InChI is InChI=1S/C16H15BrN2O5S/c17-11-7-13-12(23-9-24-13)5-10(11)6-14-15(20)19(16(21)25-14)8-18-1-3-22-4-2-18/h5-7H,1-4,8-9H2/b14-6-. The van der Waals surface area contributed by atoms with Crippen molar-refractivity contribution in [3.63, 3.8) is 0 Å². The molecule has 2 fully saturated rings. The molecule has 0 saturated carbocycles. The lowest BCUT2D eigenvalue weighted by molar-refractivity contribution is -0.125. The maximum absolute atomic E-state index is 12.6. The zero-order valence-electron chi connectivity index (χ0n) is 13.2. The van der Waals surface area contributed by atoms with Gasteiger partial charge in [0.2, 0.25) is 6.79 Å². The van der Waals surface area contributed by atoms with Gasteiger partial charge in [-0.1, -0.05) is 15.9 Å². The van der Waals surface area contributed by atoms with Gasteiger partial charge < -0.3 is 14.2 Å². The molecular weight excluding hydrogens is 412 g/mol. The molecule has 25 heavy (non-hydrogen) atoms. The Morgan fingerprint density at radius 1 is 1.16 bits per heavy atom. The first kappa shape index (κ1) is 16.9. The molecule has 0 bridgehead atoms. The normalized spacial score (nSPS) is 22.3. The van der Waals surface area contributed by atoms with E-state index in [1.54, 1.807) is 18.2 Å². The molecular formula is C16H15BrN2O5S. The molecule has 1 aromatic carbocycles. The second-order valence-electron chi connectivity index (χ2n) is 5.71. The van der Waals surface area contributed by atoms with Crippen LogP contribution in [0, 0.1) is 0 Å². The number of thioether (sulfide) groups is 1. The summed E-state index contributed by atoms with van der Waals surface area (Å²) in [5.74, 6) is 1.01. The van der Waals surface area contributed by atoms with Crippen LogP contribution < -0.4 is 9.47 Å². The third-order valence-corrected chi connectivity index (χ3v) is 5.69. The molecule has 0 N–H and O–H groups in total. The van der Waals surface area contributed by atoms with Crippen LogP contribution in [0.3, 0.4) is 0 Å². The summed E-state index contributed by atoms with van der Waals surface area (Å²) >= 11 is 4.42. The van der Waals surface area contributed by atoms with E-state index < -0.39 is 0 Å². The van der Waals surface area contributed by atoms with Gasteiger partial charge in [-0.25, -0.2) is 0 Å². The highest BCUT2D eigenvalue weighted by Gasteiger charge is 2.36. The predicted octanol–water partition coefficient (Wildman–Crippen LogP) is 2.50. The Hall–Kier alpha value is -1.55. The fraction of sp³-hybridized carbons (Fsp3) is 0.375. The molecule has 4 rings (SSSR count). The van der Waals surface area contributed by atoms with Crippen LogP contribution in [0.1, 0.15) is 5.56 Å². The number of hydrogen-bond acceptors (Lipinski definition) is 7. The molecule has 0 unspecified atom stereocenters. The summed E-state index contributed by atoms with van der Waals surface area (Å²) in [6, 6.07) is 3.59. The van der Waals surface area contributed by atoms with Crippen molar-refractivity contribution in [3.8, 4) is 11.5 Å². The number of carbonyl (C=O) groups is 2. The molecule has 3 heterocycles. The van der Waals surface area contributed by atoms with Crippen LogP contribution in [0.2, 0.25) is 0 Å². The molecule has 0 atom stereocenters. The minimum Gasteiger partial charge on any atom is -0.454 e. The van der Waals surface area contributed by atoms with E-state index in [4.69, 9.17) is 14.2 Å². The SMILES string of the molecule is O=C1S/C(=C\c2cc3c(cc2Br)OCO3)C(=O)N1CN1CCOCC1. The predicted molar refractivity (Wildman–Crippen MR) is 95.3 cm³/mol. The molecule has 2 amide bonds. The monoisotopic (exact) mass is 426 g/mol. The topological polar surface area (TPSA) is 68.3 Å². The van der Waals surface area contributed by atoms with Crippen LogP contribution >= 0.6 is 27.7 Å². The van der Waals surface area contributed by atoms with Crippen molar-refractivity contribution in [2.24, 2.45) is 0 Å². The lowest BCUT2D eigenvalue weighted by atomic mass is 10.2. The van der Waals surface area contributed by atoms with Crippen LogP contribution in [0.5, 0.6) is 11.5 Å². The zero-order chi connectivity index (χ0) is 17.4. The number of rotatable bonds is 3. The number of halogens is 1. The summed E-state index contributed by atoms with van der Waals surface area (Å²) in [6.45, 7) is 3.16. The van der Waals surface area contributed by atoms with E-state index >= 15 is 0 Å². The Labute approximate surface area is 157 Å². The summed E-state index contributed by atoms with van der Waals surface area (Å²) in [5, 5.41) is -0.250. The van der Waals surface area contributed by atoms with Crippen molar-refractivity contribution in [3.05, 3.63) is 27.1 Å². The third kappa shape index (κ3) is 3.41. The van der Waals surface area contributed by atoms with Crippen molar-refractivity contribution < 1.29 is 23.8 Å². The number of amides is 2. The molecule has 3 aliphatic heterocycles. The van der Waals surface area contributed by atoms with E-state index in [0.29, 0.717) is 49.4 Å². The number of fused-ring (bicyclic) bond motifs is 1. The molecule has 9 heteroatoms. The average molecular weight is 427 g/mol. The van der Waals surface area contributed by atoms with E-state index in [1.807, 2.05) is 4.90 Å². The number of ether oxygens (including phenoxy) is 3. The number of imide groups is 1. The Morgan fingerprint density at radius 3 is 2.64 bits per heavy atom. The summed E-state index contributed by atoms with van der Waals surface area (Å²) in [5.41, 5.74) is 0.765. The molecule has 0 aromatic heterocycles. The maximum atomic E-state index is 12.6. The largest absolute Gasteiger partial charge is 0.454 e. The van der Waals surface area contributed by atoms with Crippen LogP contribution in [0.25, 0.3) is 6.08 Å². The Morgan fingerprint density at radius 2 is 1.88 bits per heavy atom. The number of morpholine rings is 1. The van der Waals surface area contributed by atoms with Gasteiger partial charge in [0.1, 0.15) is 0 Å². The number of nitrogens with zero attached hydrogens (tertiary/aromatic N) is 2. The lowest BCUT2D eigenvalue weighted by Crippen LogP contribution is -2.45. The van der Waals surface area contributed by atoms with Crippen molar-refractivity contribution in [2.75, 3.05) is 39.8 Å². The molecule has 3 aliphatic rings. The van der Waals surface area contributed by atoms with Crippen LogP contribution in [-0.2, 0) is 9.53 Å². The van der Waals surface area contributed by atoms with Crippen molar-refractivity contribution in [2.45, 2.75) is 0 Å². The Kier molecular flexibility index (Phi) is 4.72. The van der Waals surface area contributed by atoms with E-state index in [1.165, 1.54) is 4.90 Å². The van der Waals surface area contributed by atoms with Gasteiger partial charge >= 0.3 is 0 Å². The fourth-order valence-electron chi connectivity index (χ4n) is 2.75. The van der Waals surface area contributed by atoms with Gasteiger partial charge in [0.15, 0.2) is 11.5 Å². The molecule has 1 aromatic rings. The maximum Gasteiger partial charge on any atom is 0.294 e. The number of benzene rings is 1. The minimum absolute atomic E-state index is 0.182. The Bertz CT molecular complexity index is 763. The second-order valence-corrected chi connectivity index (χ2v) is 7.56. The first-order valence-electron chi connectivity index (χ1n) is 7.76. The van der Waals surface area contributed by atoms with Crippen molar-refractivity contribution >= 4 is 44.9 Å². The molecule has 2 saturated heterocycles. The van der Waals surface area contributed by atoms with Gasteiger partial charge in [-0.05, 0) is 35.5 Å².